The van der Waals surface area contributed by atoms with Gasteiger partial charge in [0.1, 0.15) is 11.6 Å². The average molecular weight is 413 g/mol. The third-order valence-electron chi connectivity index (χ3n) is 5.74. The summed E-state index contributed by atoms with van der Waals surface area (Å²) in [5, 5.41) is 3.43. The Balaban J connectivity index is 1.31. The number of halogens is 1. The monoisotopic (exact) mass is 412 g/mol. The van der Waals surface area contributed by atoms with Crippen molar-refractivity contribution in [1.82, 2.24) is 9.88 Å². The van der Waals surface area contributed by atoms with Crippen LogP contribution >= 0.6 is 0 Å². The van der Waals surface area contributed by atoms with Crippen LogP contribution in [0.1, 0.15) is 37.0 Å². The molecule has 0 saturated carbocycles. The van der Waals surface area contributed by atoms with Gasteiger partial charge in [-0.2, -0.15) is 0 Å². The van der Waals surface area contributed by atoms with Crippen molar-refractivity contribution < 1.29 is 13.9 Å². The molecule has 2 fully saturated rings. The molecule has 30 heavy (non-hydrogen) atoms. The maximum Gasteiger partial charge on any atom is 0.255 e. The summed E-state index contributed by atoms with van der Waals surface area (Å²) in [6, 6.07) is 10.5. The third kappa shape index (κ3) is 4.90. The van der Waals surface area contributed by atoms with Crippen molar-refractivity contribution in [3.8, 4) is 0 Å². The summed E-state index contributed by atoms with van der Waals surface area (Å²) in [7, 11) is 0. The SMILES string of the molecule is C[C@H]1CN(c2ccc(C(=O)N3CCC(Nc4ccc(F)cc4)CC3)cn2)C[C@H](C)O1. The molecule has 2 atom stereocenters. The molecule has 3 heterocycles. The van der Waals surface area contributed by atoms with E-state index in [2.05, 4.69) is 29.0 Å². The number of rotatable bonds is 4. The highest BCUT2D eigenvalue weighted by atomic mass is 19.1. The lowest BCUT2D eigenvalue weighted by atomic mass is 10.0. The molecular formula is C23H29FN4O2. The Kier molecular flexibility index (Phi) is 6.18. The van der Waals surface area contributed by atoms with E-state index >= 15 is 0 Å². The maximum atomic E-state index is 13.0. The van der Waals surface area contributed by atoms with Crippen molar-refractivity contribution in [3.05, 3.63) is 54.0 Å². The molecule has 1 aromatic carbocycles. The highest BCUT2D eigenvalue weighted by molar-refractivity contribution is 5.94. The molecule has 1 N–H and O–H groups in total. The molecule has 0 spiro atoms. The molecule has 2 aliphatic rings. The number of hydrogen-bond donors (Lipinski definition) is 1. The molecule has 7 heteroatoms. The number of likely N-dealkylation sites (tertiary alicyclic amines) is 1. The minimum absolute atomic E-state index is 0.0259. The van der Waals surface area contributed by atoms with E-state index in [1.165, 1.54) is 12.1 Å². The second kappa shape index (κ2) is 9.00. The zero-order chi connectivity index (χ0) is 21.1. The van der Waals surface area contributed by atoms with Crippen LogP contribution in [0.5, 0.6) is 0 Å². The number of ether oxygens (including phenoxy) is 1. The van der Waals surface area contributed by atoms with Gasteiger partial charge >= 0.3 is 0 Å². The summed E-state index contributed by atoms with van der Waals surface area (Å²) in [5.74, 6) is 0.673. The lowest BCUT2D eigenvalue weighted by Gasteiger charge is -2.36. The number of carbonyl (C=O) groups is 1. The van der Waals surface area contributed by atoms with Crippen molar-refractivity contribution in [3.63, 3.8) is 0 Å². The van der Waals surface area contributed by atoms with E-state index in [-0.39, 0.29) is 30.0 Å². The zero-order valence-electron chi connectivity index (χ0n) is 17.6. The Labute approximate surface area is 177 Å². The largest absolute Gasteiger partial charge is 0.382 e. The summed E-state index contributed by atoms with van der Waals surface area (Å²) in [5.41, 5.74) is 1.53. The van der Waals surface area contributed by atoms with Gasteiger partial charge in [-0.3, -0.25) is 4.79 Å². The van der Waals surface area contributed by atoms with Crippen LogP contribution in [0.3, 0.4) is 0 Å². The number of amides is 1. The van der Waals surface area contributed by atoms with Gasteiger partial charge in [-0.25, -0.2) is 9.37 Å². The van der Waals surface area contributed by atoms with Crippen LogP contribution in [0.4, 0.5) is 15.9 Å². The van der Waals surface area contributed by atoms with Gasteiger partial charge in [0.25, 0.3) is 5.91 Å². The van der Waals surface area contributed by atoms with Crippen molar-refractivity contribution in [2.75, 3.05) is 36.4 Å². The van der Waals surface area contributed by atoms with Gasteiger partial charge in [0.2, 0.25) is 0 Å². The number of anilines is 2. The molecule has 160 valence electrons. The van der Waals surface area contributed by atoms with Crippen molar-refractivity contribution in [1.29, 1.82) is 0 Å². The topological polar surface area (TPSA) is 57.7 Å². The molecule has 6 nitrogen and oxygen atoms in total. The van der Waals surface area contributed by atoms with Gasteiger partial charge < -0.3 is 19.9 Å². The molecule has 0 bridgehead atoms. The molecule has 2 saturated heterocycles. The fraction of sp³-hybridized carbons (Fsp3) is 0.478. The lowest BCUT2D eigenvalue weighted by Crippen LogP contribution is -2.46. The smallest absolute Gasteiger partial charge is 0.255 e. The van der Waals surface area contributed by atoms with E-state index in [4.69, 9.17) is 4.74 Å². The number of pyridine rings is 1. The van der Waals surface area contributed by atoms with Crippen LogP contribution in [0.25, 0.3) is 0 Å². The molecule has 2 aliphatic heterocycles. The Morgan fingerprint density at radius 1 is 1.07 bits per heavy atom. The molecule has 0 aliphatic carbocycles. The van der Waals surface area contributed by atoms with Crippen molar-refractivity contribution >= 4 is 17.4 Å². The van der Waals surface area contributed by atoms with Crippen molar-refractivity contribution in [2.24, 2.45) is 0 Å². The van der Waals surface area contributed by atoms with Crippen LogP contribution in [0, 0.1) is 5.82 Å². The Bertz CT molecular complexity index is 841. The minimum atomic E-state index is -0.238. The van der Waals surface area contributed by atoms with E-state index in [9.17, 15) is 9.18 Å². The fourth-order valence-electron chi connectivity index (χ4n) is 4.26. The summed E-state index contributed by atoms with van der Waals surface area (Å²) >= 11 is 0. The Hall–Kier alpha value is -2.67. The van der Waals surface area contributed by atoms with E-state index in [0.717, 1.165) is 37.4 Å². The number of morpholine rings is 1. The number of piperidine rings is 1. The molecule has 0 unspecified atom stereocenters. The molecule has 2 aromatic rings. The quantitative estimate of drug-likeness (QED) is 0.832. The van der Waals surface area contributed by atoms with E-state index in [1.807, 2.05) is 17.0 Å². The average Bonchev–Trinajstić information content (AvgIpc) is 2.75. The predicted molar refractivity (Wildman–Crippen MR) is 115 cm³/mol. The standard InChI is InChI=1S/C23H29FN4O2/c1-16-14-28(15-17(2)30-16)22-8-3-18(13-25-22)23(29)27-11-9-21(10-12-27)26-20-6-4-19(24)5-7-20/h3-8,13,16-17,21,26H,9-12,14-15H2,1-2H3/t16-,17-/m0/s1. The van der Waals surface area contributed by atoms with Gasteiger partial charge in [-0.1, -0.05) is 0 Å². The van der Waals surface area contributed by atoms with Gasteiger partial charge in [0.05, 0.1) is 17.8 Å². The number of benzene rings is 1. The van der Waals surface area contributed by atoms with Gasteiger partial charge in [-0.05, 0) is 63.1 Å². The number of hydrogen-bond acceptors (Lipinski definition) is 5. The van der Waals surface area contributed by atoms with Crippen LogP contribution < -0.4 is 10.2 Å². The maximum absolute atomic E-state index is 13.0. The summed E-state index contributed by atoms with van der Waals surface area (Å²) in [4.78, 5) is 21.5. The molecule has 0 radical (unpaired) electrons. The summed E-state index contributed by atoms with van der Waals surface area (Å²) < 4.78 is 18.8. The minimum Gasteiger partial charge on any atom is -0.382 e. The predicted octanol–water partition coefficient (Wildman–Crippen LogP) is 3.55. The highest BCUT2D eigenvalue weighted by Gasteiger charge is 2.25. The van der Waals surface area contributed by atoms with Crippen LogP contribution in [0.2, 0.25) is 0 Å². The molecule has 1 amide bonds. The van der Waals surface area contributed by atoms with E-state index < -0.39 is 0 Å². The van der Waals surface area contributed by atoms with Gasteiger partial charge in [0.15, 0.2) is 0 Å². The number of nitrogens with one attached hydrogen (secondary N) is 1. The first-order valence-corrected chi connectivity index (χ1v) is 10.7. The van der Waals surface area contributed by atoms with Gasteiger partial charge in [-0.15, -0.1) is 0 Å². The Morgan fingerprint density at radius 2 is 1.73 bits per heavy atom. The van der Waals surface area contributed by atoms with Crippen molar-refractivity contribution in [2.45, 2.75) is 44.9 Å². The number of carbonyl (C=O) groups excluding carboxylic acids is 1. The van der Waals surface area contributed by atoms with E-state index in [1.54, 1.807) is 18.3 Å². The van der Waals surface area contributed by atoms with Crippen LogP contribution in [-0.2, 0) is 4.74 Å². The molecule has 4 rings (SSSR count). The first kappa shape index (κ1) is 20.6. The lowest BCUT2D eigenvalue weighted by molar-refractivity contribution is -0.00546. The molecule has 1 aromatic heterocycles. The normalized spacial score (nSPS) is 22.8. The first-order chi connectivity index (χ1) is 14.5. The van der Waals surface area contributed by atoms with Crippen LogP contribution in [0.15, 0.2) is 42.6 Å². The number of nitrogens with zero attached hydrogens (tertiary/aromatic N) is 3. The van der Waals surface area contributed by atoms with Crippen LogP contribution in [-0.4, -0.2) is 60.2 Å². The third-order valence-corrected chi connectivity index (χ3v) is 5.74. The summed E-state index contributed by atoms with van der Waals surface area (Å²) in [6.07, 6.45) is 3.74. The van der Waals surface area contributed by atoms with E-state index in [0.29, 0.717) is 18.7 Å². The number of aromatic nitrogens is 1. The highest BCUT2D eigenvalue weighted by Crippen LogP contribution is 2.21. The second-order valence-electron chi connectivity index (χ2n) is 8.29. The fourth-order valence-corrected chi connectivity index (χ4v) is 4.26. The van der Waals surface area contributed by atoms with Gasteiger partial charge in [0, 0.05) is 44.1 Å². The second-order valence-corrected chi connectivity index (χ2v) is 8.29. The summed E-state index contributed by atoms with van der Waals surface area (Å²) in [6.45, 7) is 7.12. The zero-order valence-corrected chi connectivity index (χ0v) is 17.6. The Morgan fingerprint density at radius 3 is 2.33 bits per heavy atom. The molecular weight excluding hydrogens is 383 g/mol. The first-order valence-electron chi connectivity index (χ1n) is 10.7.